The number of aromatic nitrogens is 4. The SMILES string of the molecule is Cc1ccc(Cn2nc(CC(=O)Cc3nn(Cc4ccc(C)cc4)c4c3Cc3sc(S(=O)(=O)O)cc3-4)c3c2-c2ccsc2C3)cc1. The van der Waals surface area contributed by atoms with Gasteiger partial charge in [0.2, 0.25) is 0 Å². The molecule has 0 amide bonds. The standard InChI is InChI=1S/C35H30N4O4S3/c1-20-3-7-22(8-4-20)18-38-34-25-11-12-44-31(25)15-26(34)29(36-38)13-24(40)14-30-27-16-32-28(17-33(45-32)46(41,42)43)35(27)39(37-30)19-23-9-5-21(2)6-10-23/h3-12,17H,13-16,18-19H2,1-2H3,(H,41,42,43). The molecule has 0 radical (unpaired) electrons. The second kappa shape index (κ2) is 11.0. The fourth-order valence-corrected chi connectivity index (χ4v) is 9.41. The van der Waals surface area contributed by atoms with Crippen LogP contribution in [0.15, 0.2) is 70.3 Å². The van der Waals surface area contributed by atoms with Crippen LogP contribution in [-0.2, 0) is 53.7 Å². The maximum atomic E-state index is 13.8. The molecule has 4 heterocycles. The van der Waals surface area contributed by atoms with E-state index in [4.69, 9.17) is 10.2 Å². The van der Waals surface area contributed by atoms with Crippen molar-refractivity contribution in [1.82, 2.24) is 19.6 Å². The molecule has 11 heteroatoms. The van der Waals surface area contributed by atoms with Crippen LogP contribution < -0.4 is 0 Å². The Morgan fingerprint density at radius 1 is 0.783 bits per heavy atom. The van der Waals surface area contributed by atoms with Crippen LogP contribution in [0, 0.1) is 13.8 Å². The molecule has 4 aromatic heterocycles. The molecule has 0 aliphatic heterocycles. The molecule has 0 bridgehead atoms. The highest BCUT2D eigenvalue weighted by atomic mass is 32.3. The molecule has 8 rings (SSSR count). The van der Waals surface area contributed by atoms with Crippen LogP contribution in [0.25, 0.3) is 22.5 Å². The number of rotatable bonds is 9. The summed E-state index contributed by atoms with van der Waals surface area (Å²) in [6.07, 6.45) is 1.63. The van der Waals surface area contributed by atoms with Crippen molar-refractivity contribution < 1.29 is 17.8 Å². The van der Waals surface area contributed by atoms with E-state index in [1.54, 1.807) is 11.3 Å². The summed E-state index contributed by atoms with van der Waals surface area (Å²) in [5.41, 5.74) is 12.1. The first-order chi connectivity index (χ1) is 22.1. The lowest BCUT2D eigenvalue weighted by Gasteiger charge is -2.07. The van der Waals surface area contributed by atoms with Gasteiger partial charge in [0, 0.05) is 44.8 Å². The van der Waals surface area contributed by atoms with Gasteiger partial charge >= 0.3 is 10.1 Å². The van der Waals surface area contributed by atoms with E-state index in [1.165, 1.54) is 22.1 Å². The van der Waals surface area contributed by atoms with E-state index < -0.39 is 10.1 Å². The van der Waals surface area contributed by atoms with Crippen LogP contribution >= 0.6 is 22.7 Å². The van der Waals surface area contributed by atoms with Gasteiger partial charge in [0.15, 0.2) is 0 Å². The fraction of sp³-hybridized carbons (Fsp3) is 0.229. The molecule has 2 aliphatic rings. The predicted octanol–water partition coefficient (Wildman–Crippen LogP) is 6.66. The lowest BCUT2D eigenvalue weighted by atomic mass is 10.0. The Morgan fingerprint density at radius 3 is 1.85 bits per heavy atom. The van der Waals surface area contributed by atoms with Crippen molar-refractivity contribution in [3.05, 3.63) is 121 Å². The van der Waals surface area contributed by atoms with Crippen LogP contribution in [0.2, 0.25) is 0 Å². The Morgan fingerprint density at radius 2 is 1.30 bits per heavy atom. The van der Waals surface area contributed by atoms with Gasteiger partial charge < -0.3 is 0 Å². The maximum absolute atomic E-state index is 13.8. The average Bonchev–Trinajstić information content (AvgIpc) is 3.82. The Labute approximate surface area is 274 Å². The van der Waals surface area contributed by atoms with Gasteiger partial charge in [0.05, 0.1) is 48.7 Å². The minimum atomic E-state index is -4.32. The monoisotopic (exact) mass is 666 g/mol. The lowest BCUT2D eigenvalue weighted by molar-refractivity contribution is -0.117. The summed E-state index contributed by atoms with van der Waals surface area (Å²) in [7, 11) is -4.32. The van der Waals surface area contributed by atoms with Crippen molar-refractivity contribution in [2.75, 3.05) is 0 Å². The molecular formula is C35H30N4O4S3. The first-order valence-electron chi connectivity index (χ1n) is 15.1. The molecule has 0 saturated carbocycles. The minimum Gasteiger partial charge on any atom is -0.299 e. The van der Waals surface area contributed by atoms with Gasteiger partial charge in [-0.25, -0.2) is 0 Å². The van der Waals surface area contributed by atoms with Gasteiger partial charge in [-0.1, -0.05) is 59.7 Å². The second-order valence-corrected chi connectivity index (χ2v) is 16.0. The van der Waals surface area contributed by atoms with Gasteiger partial charge in [0.25, 0.3) is 0 Å². The van der Waals surface area contributed by atoms with E-state index >= 15 is 0 Å². The van der Waals surface area contributed by atoms with Gasteiger partial charge in [-0.15, -0.1) is 22.7 Å². The van der Waals surface area contributed by atoms with Crippen molar-refractivity contribution in [2.45, 2.75) is 56.8 Å². The molecule has 0 saturated heterocycles. The number of thiophene rings is 2. The number of benzene rings is 2. The van der Waals surface area contributed by atoms with E-state index in [0.29, 0.717) is 25.2 Å². The zero-order valence-corrected chi connectivity index (χ0v) is 27.7. The summed E-state index contributed by atoms with van der Waals surface area (Å²) in [5, 5.41) is 12.1. The lowest BCUT2D eigenvalue weighted by Crippen LogP contribution is -2.11. The largest absolute Gasteiger partial charge is 0.304 e. The molecule has 0 unspecified atom stereocenters. The summed E-state index contributed by atoms with van der Waals surface area (Å²) in [6, 6.07) is 20.4. The zero-order valence-electron chi connectivity index (χ0n) is 25.3. The number of hydrogen-bond acceptors (Lipinski definition) is 7. The highest BCUT2D eigenvalue weighted by Gasteiger charge is 2.33. The van der Waals surface area contributed by atoms with Crippen molar-refractivity contribution in [2.24, 2.45) is 0 Å². The summed E-state index contributed by atoms with van der Waals surface area (Å²) < 4.78 is 37.4. The second-order valence-electron chi connectivity index (χ2n) is 12.2. The molecule has 6 aromatic rings. The van der Waals surface area contributed by atoms with Crippen molar-refractivity contribution in [3.8, 4) is 22.5 Å². The van der Waals surface area contributed by atoms with E-state index in [-0.39, 0.29) is 22.8 Å². The highest BCUT2D eigenvalue weighted by Crippen LogP contribution is 2.45. The summed E-state index contributed by atoms with van der Waals surface area (Å²) >= 11 is 2.82. The smallest absolute Gasteiger partial charge is 0.299 e. The first-order valence-corrected chi connectivity index (χ1v) is 18.2. The molecule has 8 nitrogen and oxygen atoms in total. The Hall–Kier alpha value is -4.16. The number of fused-ring (bicyclic) bond motifs is 6. The Balaban J connectivity index is 1.11. The zero-order chi connectivity index (χ0) is 31.7. The molecule has 2 aliphatic carbocycles. The van der Waals surface area contributed by atoms with Crippen LogP contribution in [-0.4, -0.2) is 38.3 Å². The number of carbonyl (C=O) groups is 1. The van der Waals surface area contributed by atoms with Crippen molar-refractivity contribution in [3.63, 3.8) is 0 Å². The van der Waals surface area contributed by atoms with Gasteiger partial charge in [-0.2, -0.15) is 18.6 Å². The number of aryl methyl sites for hydroxylation is 2. The predicted molar refractivity (Wildman–Crippen MR) is 179 cm³/mol. The molecule has 2 aromatic carbocycles. The van der Waals surface area contributed by atoms with E-state index in [0.717, 1.165) is 73.1 Å². The Kier molecular flexibility index (Phi) is 6.98. The summed E-state index contributed by atoms with van der Waals surface area (Å²) in [4.78, 5) is 16.0. The van der Waals surface area contributed by atoms with E-state index in [2.05, 4.69) is 47.3 Å². The third kappa shape index (κ3) is 5.17. The molecule has 0 spiro atoms. The molecule has 0 fully saturated rings. The quantitative estimate of drug-likeness (QED) is 0.173. The van der Waals surface area contributed by atoms with E-state index in [1.807, 2.05) is 35.9 Å². The number of ketones is 1. The summed E-state index contributed by atoms with van der Waals surface area (Å²) in [5.74, 6) is 0.0368. The van der Waals surface area contributed by atoms with Crippen LogP contribution in [0.3, 0.4) is 0 Å². The maximum Gasteiger partial charge on any atom is 0.304 e. The highest BCUT2D eigenvalue weighted by molar-refractivity contribution is 7.88. The van der Waals surface area contributed by atoms with E-state index in [9.17, 15) is 17.8 Å². The van der Waals surface area contributed by atoms with Crippen molar-refractivity contribution in [1.29, 1.82) is 0 Å². The molecule has 232 valence electrons. The van der Waals surface area contributed by atoms with Crippen LogP contribution in [0.1, 0.15) is 54.5 Å². The average molecular weight is 667 g/mol. The normalized spacial score (nSPS) is 13.1. The first kappa shape index (κ1) is 29.3. The third-order valence-electron chi connectivity index (χ3n) is 8.87. The Bertz CT molecular complexity index is 2270. The topological polar surface area (TPSA) is 107 Å². The van der Waals surface area contributed by atoms with Gasteiger partial charge in [0.1, 0.15) is 9.99 Å². The number of carbonyl (C=O) groups excluding carboxylic acids is 1. The van der Waals surface area contributed by atoms with Crippen molar-refractivity contribution >= 4 is 38.6 Å². The number of hydrogen-bond donors (Lipinski definition) is 1. The van der Waals surface area contributed by atoms with Gasteiger partial charge in [-0.05, 0) is 42.5 Å². The van der Waals surface area contributed by atoms with Crippen LogP contribution in [0.4, 0.5) is 0 Å². The third-order valence-corrected chi connectivity index (χ3v) is 12.2. The molecular weight excluding hydrogens is 637 g/mol. The fourth-order valence-electron chi connectivity index (χ4n) is 6.63. The van der Waals surface area contributed by atoms with Gasteiger partial charge in [-0.3, -0.25) is 18.7 Å². The summed E-state index contributed by atoms with van der Waals surface area (Å²) in [6.45, 7) is 5.23. The number of nitrogens with zero attached hydrogens (tertiary/aromatic N) is 4. The number of Topliss-reactive ketones (excluding diaryl/α,β-unsaturated/α-hetero) is 1. The molecule has 46 heavy (non-hydrogen) atoms. The van der Waals surface area contributed by atoms with Crippen LogP contribution in [0.5, 0.6) is 0 Å². The molecule has 1 N–H and O–H groups in total. The molecule has 0 atom stereocenters. The minimum absolute atomic E-state index is 0.0368.